The van der Waals surface area contributed by atoms with Crippen molar-refractivity contribution in [3.05, 3.63) is 82.9 Å². The minimum atomic E-state index is -0.982. The third kappa shape index (κ3) is 5.17. The van der Waals surface area contributed by atoms with E-state index in [0.29, 0.717) is 24.1 Å². The molecule has 3 aromatic heterocycles. The molecule has 0 bridgehead atoms. The topological polar surface area (TPSA) is 90.1 Å². The van der Waals surface area contributed by atoms with Crippen molar-refractivity contribution < 1.29 is 14.6 Å². The SMILES string of the molecule is Cc1ccc(COc2cccc(C3=CCC(Cc4nc5ncc(C(=O)O)cc5n4C)CC3)n2)c(P)c1. The van der Waals surface area contributed by atoms with Crippen LogP contribution in [0.4, 0.5) is 0 Å². The average Bonchev–Trinajstić information content (AvgIpc) is 3.18. The number of hydrogen-bond acceptors (Lipinski definition) is 5. The number of pyridine rings is 2. The standard InChI is InChI=1S/C28H29N4O3P/c1-17-6-9-20(24(36)12-17)16-35-26-5-3-4-22(30-26)19-10-7-18(8-11-19)13-25-31-27-23(32(25)2)14-21(15-29-27)28(33)34/h3-6,9-10,12,14-15,18H,7-8,11,13,16,36H2,1-2H3,(H,33,34). The number of benzene rings is 1. The van der Waals surface area contributed by atoms with Gasteiger partial charge in [-0.2, -0.15) is 0 Å². The number of carbonyl (C=O) groups is 1. The Labute approximate surface area is 212 Å². The van der Waals surface area contributed by atoms with Crippen molar-refractivity contribution in [2.75, 3.05) is 0 Å². The second kappa shape index (κ2) is 10.2. The molecule has 0 saturated carbocycles. The van der Waals surface area contributed by atoms with Crippen molar-refractivity contribution in [3.8, 4) is 5.88 Å². The van der Waals surface area contributed by atoms with Crippen molar-refractivity contribution in [2.45, 2.75) is 39.2 Å². The van der Waals surface area contributed by atoms with Crippen LogP contribution in [-0.2, 0) is 20.1 Å². The molecular formula is C28H29N4O3P. The van der Waals surface area contributed by atoms with Gasteiger partial charge >= 0.3 is 5.97 Å². The van der Waals surface area contributed by atoms with Gasteiger partial charge in [-0.25, -0.2) is 19.7 Å². The highest BCUT2D eigenvalue weighted by molar-refractivity contribution is 7.27. The van der Waals surface area contributed by atoms with E-state index in [1.807, 2.05) is 29.8 Å². The van der Waals surface area contributed by atoms with Gasteiger partial charge in [0.25, 0.3) is 0 Å². The summed E-state index contributed by atoms with van der Waals surface area (Å²) in [6, 6.07) is 13.9. The van der Waals surface area contributed by atoms with Crippen molar-refractivity contribution in [3.63, 3.8) is 0 Å². The first kappa shape index (κ1) is 24.1. The predicted octanol–water partition coefficient (Wildman–Crippen LogP) is 4.88. The van der Waals surface area contributed by atoms with Gasteiger partial charge in [0, 0.05) is 25.7 Å². The Hall–Kier alpha value is -3.57. The molecule has 184 valence electrons. The Kier molecular flexibility index (Phi) is 6.84. The molecule has 2 atom stereocenters. The normalized spacial score (nSPS) is 15.6. The number of aromatic carboxylic acids is 1. The lowest BCUT2D eigenvalue weighted by molar-refractivity contribution is 0.0696. The minimum absolute atomic E-state index is 0.175. The first-order valence-corrected chi connectivity index (χ1v) is 12.6. The van der Waals surface area contributed by atoms with Gasteiger partial charge in [-0.1, -0.05) is 35.9 Å². The van der Waals surface area contributed by atoms with Crippen molar-refractivity contribution in [1.29, 1.82) is 0 Å². The van der Waals surface area contributed by atoms with Crippen LogP contribution >= 0.6 is 9.24 Å². The molecule has 5 rings (SSSR count). The number of hydrogen-bond donors (Lipinski definition) is 1. The van der Waals surface area contributed by atoms with Crippen LogP contribution in [0.2, 0.25) is 0 Å². The van der Waals surface area contributed by atoms with Crippen LogP contribution in [-0.4, -0.2) is 30.6 Å². The van der Waals surface area contributed by atoms with Crippen LogP contribution in [0, 0.1) is 12.8 Å². The van der Waals surface area contributed by atoms with Gasteiger partial charge in [-0.15, -0.1) is 9.24 Å². The van der Waals surface area contributed by atoms with E-state index in [9.17, 15) is 9.90 Å². The number of carboxylic acid groups (broad SMARTS) is 1. The summed E-state index contributed by atoms with van der Waals surface area (Å²) in [6.07, 6.45) is 7.39. The maximum atomic E-state index is 11.3. The number of ether oxygens (including phenoxy) is 1. The number of fused-ring (bicyclic) bond motifs is 1. The Morgan fingerprint density at radius 3 is 2.83 bits per heavy atom. The lowest BCUT2D eigenvalue weighted by Crippen LogP contribution is -2.12. The van der Waals surface area contributed by atoms with E-state index < -0.39 is 5.97 Å². The van der Waals surface area contributed by atoms with Crippen LogP contribution in [0.15, 0.2) is 54.7 Å². The second-order valence-corrected chi connectivity index (χ2v) is 10.0. The fourth-order valence-corrected chi connectivity index (χ4v) is 5.09. The molecule has 0 saturated heterocycles. The van der Waals surface area contributed by atoms with E-state index in [4.69, 9.17) is 9.72 Å². The largest absolute Gasteiger partial charge is 0.478 e. The Morgan fingerprint density at radius 1 is 1.22 bits per heavy atom. The molecule has 0 fully saturated rings. The van der Waals surface area contributed by atoms with Gasteiger partial charge in [0.15, 0.2) is 5.65 Å². The number of aryl methyl sites for hydroxylation is 2. The van der Waals surface area contributed by atoms with E-state index in [1.165, 1.54) is 17.3 Å². The minimum Gasteiger partial charge on any atom is -0.478 e. The number of rotatable bonds is 7. The highest BCUT2D eigenvalue weighted by Gasteiger charge is 2.20. The van der Waals surface area contributed by atoms with E-state index >= 15 is 0 Å². The molecule has 1 aliphatic carbocycles. The Bertz CT molecular complexity index is 1480. The van der Waals surface area contributed by atoms with Gasteiger partial charge in [-0.05, 0) is 60.7 Å². The average molecular weight is 501 g/mol. The van der Waals surface area contributed by atoms with Gasteiger partial charge in [0.1, 0.15) is 12.4 Å². The van der Waals surface area contributed by atoms with Crippen molar-refractivity contribution in [1.82, 2.24) is 19.5 Å². The van der Waals surface area contributed by atoms with Gasteiger partial charge in [0.05, 0.1) is 16.8 Å². The van der Waals surface area contributed by atoms with Gasteiger partial charge in [-0.3, -0.25) is 0 Å². The molecule has 0 aliphatic heterocycles. The molecule has 0 amide bonds. The number of imidazole rings is 1. The van der Waals surface area contributed by atoms with Crippen LogP contribution in [0.5, 0.6) is 5.88 Å². The first-order chi connectivity index (χ1) is 17.4. The number of carboxylic acids is 1. The van der Waals surface area contributed by atoms with Crippen LogP contribution in [0.1, 0.15) is 52.3 Å². The van der Waals surface area contributed by atoms with E-state index in [2.05, 4.69) is 50.4 Å². The molecule has 1 aromatic carbocycles. The number of aromatic nitrogens is 4. The van der Waals surface area contributed by atoms with E-state index in [-0.39, 0.29) is 5.56 Å². The number of allylic oxidation sites excluding steroid dienone is 2. The zero-order valence-electron chi connectivity index (χ0n) is 20.4. The predicted molar refractivity (Wildman–Crippen MR) is 144 cm³/mol. The van der Waals surface area contributed by atoms with E-state index in [1.54, 1.807) is 6.07 Å². The van der Waals surface area contributed by atoms with Gasteiger partial charge in [0.2, 0.25) is 5.88 Å². The molecule has 36 heavy (non-hydrogen) atoms. The summed E-state index contributed by atoms with van der Waals surface area (Å²) in [4.78, 5) is 24.9. The first-order valence-electron chi connectivity index (χ1n) is 12.1. The summed E-state index contributed by atoms with van der Waals surface area (Å²) < 4.78 is 7.97. The Morgan fingerprint density at radius 2 is 2.08 bits per heavy atom. The summed E-state index contributed by atoms with van der Waals surface area (Å²) in [5.41, 5.74) is 6.09. The third-order valence-corrected chi connectivity index (χ3v) is 7.34. The summed E-state index contributed by atoms with van der Waals surface area (Å²) in [5, 5.41) is 10.4. The molecule has 8 heteroatoms. The fourth-order valence-electron chi connectivity index (χ4n) is 4.65. The highest BCUT2D eigenvalue weighted by atomic mass is 31.0. The van der Waals surface area contributed by atoms with E-state index in [0.717, 1.165) is 53.6 Å². The quantitative estimate of drug-likeness (QED) is 0.364. The molecule has 0 radical (unpaired) electrons. The molecule has 2 unspecified atom stereocenters. The summed E-state index contributed by atoms with van der Waals surface area (Å²) in [5.74, 6) is 1.04. The summed E-state index contributed by atoms with van der Waals surface area (Å²) in [6.45, 7) is 2.57. The lowest BCUT2D eigenvalue weighted by Gasteiger charge is -2.21. The highest BCUT2D eigenvalue weighted by Crippen LogP contribution is 2.32. The lowest BCUT2D eigenvalue weighted by atomic mass is 9.86. The maximum absolute atomic E-state index is 11.3. The fraction of sp³-hybridized carbons (Fsp3) is 0.286. The molecule has 1 N–H and O–H groups in total. The molecule has 0 spiro atoms. The molecular weight excluding hydrogens is 471 g/mol. The zero-order chi connectivity index (χ0) is 25.2. The molecule has 4 aromatic rings. The molecule has 1 aliphatic rings. The monoisotopic (exact) mass is 500 g/mol. The summed E-state index contributed by atoms with van der Waals surface area (Å²) in [7, 11) is 4.70. The van der Waals surface area contributed by atoms with Crippen LogP contribution < -0.4 is 10.0 Å². The Balaban J connectivity index is 1.24. The smallest absolute Gasteiger partial charge is 0.337 e. The second-order valence-electron chi connectivity index (χ2n) is 9.38. The summed E-state index contributed by atoms with van der Waals surface area (Å²) >= 11 is 0. The zero-order valence-corrected chi connectivity index (χ0v) is 21.6. The maximum Gasteiger partial charge on any atom is 0.337 e. The van der Waals surface area contributed by atoms with Crippen LogP contribution in [0.25, 0.3) is 16.7 Å². The molecule has 3 heterocycles. The number of nitrogens with zero attached hydrogens (tertiary/aromatic N) is 4. The van der Waals surface area contributed by atoms with Crippen LogP contribution in [0.3, 0.4) is 0 Å². The third-order valence-electron chi connectivity index (χ3n) is 6.80. The van der Waals surface area contributed by atoms with Crippen molar-refractivity contribution in [2.24, 2.45) is 13.0 Å². The van der Waals surface area contributed by atoms with Crippen molar-refractivity contribution >= 4 is 37.3 Å². The molecule has 7 nitrogen and oxygen atoms in total. The van der Waals surface area contributed by atoms with Gasteiger partial charge < -0.3 is 14.4 Å².